The van der Waals surface area contributed by atoms with Crippen LogP contribution in [0.5, 0.6) is 11.5 Å². The van der Waals surface area contributed by atoms with Crippen molar-refractivity contribution >= 4 is 33.2 Å². The number of hydrogen-bond acceptors (Lipinski definition) is 7. The molecule has 2 heterocycles. The maximum absolute atomic E-state index is 13.6. The quantitative estimate of drug-likeness (QED) is 0.190. The Labute approximate surface area is 326 Å². The minimum Gasteiger partial charge on any atom is -0.496 e. The molecule has 0 radical (unpaired) electrons. The van der Waals surface area contributed by atoms with Crippen LogP contribution in [0.4, 0.5) is 5.69 Å². The Bertz CT molecular complexity index is 1980. The minimum absolute atomic E-state index is 0.0788. The molecule has 0 saturated heterocycles. The Balaban J connectivity index is 1.17. The number of sulfonamides is 1. The van der Waals surface area contributed by atoms with Crippen LogP contribution in [0.15, 0.2) is 66.7 Å². The van der Waals surface area contributed by atoms with Gasteiger partial charge in [-0.2, -0.15) is 0 Å². The zero-order chi connectivity index (χ0) is 38.0. The number of anilines is 1. The van der Waals surface area contributed by atoms with Crippen molar-refractivity contribution < 1.29 is 27.4 Å². The van der Waals surface area contributed by atoms with Gasteiger partial charge in [-0.05, 0) is 148 Å². The molecule has 7 rings (SSSR count). The van der Waals surface area contributed by atoms with Gasteiger partial charge in [0.15, 0.2) is 0 Å². The van der Waals surface area contributed by atoms with E-state index in [-0.39, 0.29) is 17.4 Å². The van der Waals surface area contributed by atoms with E-state index in [1.807, 2.05) is 25.1 Å². The van der Waals surface area contributed by atoms with Crippen molar-refractivity contribution in [2.75, 3.05) is 38.3 Å². The first-order chi connectivity index (χ1) is 26.0. The number of benzene rings is 3. The number of nitrogens with zero attached hydrogens (tertiary/aromatic N) is 1. The van der Waals surface area contributed by atoms with Crippen LogP contribution in [0.1, 0.15) is 91.4 Å². The second kappa shape index (κ2) is 16.3. The molecule has 8 nitrogen and oxygen atoms in total. The van der Waals surface area contributed by atoms with Crippen LogP contribution in [-0.2, 0) is 33.0 Å². The molecule has 4 aliphatic rings. The number of fused-ring (bicyclic) bond motifs is 4. The maximum atomic E-state index is 13.6. The van der Waals surface area contributed by atoms with Gasteiger partial charge in [0.1, 0.15) is 11.5 Å². The Morgan fingerprint density at radius 3 is 2.70 bits per heavy atom. The summed E-state index contributed by atoms with van der Waals surface area (Å²) in [5.74, 6) is 1.51. The molecule has 54 heavy (non-hydrogen) atoms. The van der Waals surface area contributed by atoms with Crippen LogP contribution in [0, 0.1) is 24.7 Å². The highest BCUT2D eigenvalue weighted by Crippen LogP contribution is 2.47. The first-order valence-electron chi connectivity index (χ1n) is 19.7. The predicted molar refractivity (Wildman–Crippen MR) is 216 cm³/mol. The van der Waals surface area contributed by atoms with Crippen molar-refractivity contribution in [3.8, 4) is 11.5 Å². The third-order valence-corrected chi connectivity index (χ3v) is 14.8. The van der Waals surface area contributed by atoms with E-state index in [0.29, 0.717) is 42.8 Å². The van der Waals surface area contributed by atoms with Gasteiger partial charge in [0.05, 0.1) is 30.8 Å². The molecular formula is C44H55ClN2O6S. The summed E-state index contributed by atoms with van der Waals surface area (Å²) in [7, 11) is -2.21. The fourth-order valence-electron chi connectivity index (χ4n) is 9.02. The summed E-state index contributed by atoms with van der Waals surface area (Å²) in [4.78, 5) is 16.0. The largest absolute Gasteiger partial charge is 0.496 e. The van der Waals surface area contributed by atoms with Crippen LogP contribution >= 0.6 is 11.6 Å². The SMILES string of the molecule is COc1cc(C)ccc1CCCCO[C@H]1/C=C/C[C@H](C)[C@@H](C)S(=O)(=O)NC(=O)c2ccc3c(c2)N(C[C@@H]2CC[C@H]21)C[C@@]1(CCCc2cc(Cl)ccc21)CO3. The summed E-state index contributed by atoms with van der Waals surface area (Å²) < 4.78 is 48.4. The fraction of sp³-hybridized carbons (Fsp3) is 0.523. The van der Waals surface area contributed by atoms with E-state index in [2.05, 4.69) is 59.0 Å². The summed E-state index contributed by atoms with van der Waals surface area (Å²) in [6.45, 7) is 8.34. The molecule has 1 amide bonds. The second-order valence-corrected chi connectivity index (χ2v) is 18.7. The number of rotatable bonds is 7. The Morgan fingerprint density at radius 1 is 1.06 bits per heavy atom. The van der Waals surface area contributed by atoms with E-state index in [9.17, 15) is 13.2 Å². The van der Waals surface area contributed by atoms with E-state index in [1.165, 1.54) is 22.3 Å². The van der Waals surface area contributed by atoms with Gasteiger partial charge < -0.3 is 19.1 Å². The smallest absolute Gasteiger partial charge is 0.264 e. The molecule has 3 aromatic carbocycles. The second-order valence-electron chi connectivity index (χ2n) is 16.2. The van der Waals surface area contributed by atoms with Crippen molar-refractivity contribution in [3.05, 3.63) is 99.6 Å². The molecule has 6 atom stereocenters. The van der Waals surface area contributed by atoms with Crippen molar-refractivity contribution in [3.63, 3.8) is 0 Å². The number of allylic oxidation sites excluding steroid dienone is 1. The number of halogens is 1. The summed E-state index contributed by atoms with van der Waals surface area (Å²) in [6.07, 6.45) is 12.7. The van der Waals surface area contributed by atoms with E-state index in [0.717, 1.165) is 80.9 Å². The Morgan fingerprint density at radius 2 is 1.91 bits per heavy atom. The van der Waals surface area contributed by atoms with Crippen LogP contribution in [0.2, 0.25) is 5.02 Å². The number of methoxy groups -OCH3 is 1. The number of nitrogens with one attached hydrogen (secondary N) is 1. The van der Waals surface area contributed by atoms with Gasteiger partial charge in [-0.15, -0.1) is 0 Å². The summed E-state index contributed by atoms with van der Waals surface area (Å²) >= 11 is 6.48. The fourth-order valence-corrected chi connectivity index (χ4v) is 10.5. The maximum Gasteiger partial charge on any atom is 0.264 e. The van der Waals surface area contributed by atoms with E-state index >= 15 is 0 Å². The number of carbonyl (C=O) groups excluding carboxylic acids is 1. The normalized spacial score (nSPS) is 28.4. The molecule has 0 unspecified atom stereocenters. The molecular weight excluding hydrogens is 720 g/mol. The van der Waals surface area contributed by atoms with Gasteiger partial charge >= 0.3 is 0 Å². The highest BCUT2D eigenvalue weighted by Gasteiger charge is 2.44. The average Bonchev–Trinajstić information content (AvgIpc) is 3.29. The van der Waals surface area contributed by atoms with Gasteiger partial charge in [0, 0.05) is 35.7 Å². The molecule has 2 aliphatic heterocycles. The lowest BCUT2D eigenvalue weighted by molar-refractivity contribution is -0.0152. The molecule has 290 valence electrons. The predicted octanol–water partition coefficient (Wildman–Crippen LogP) is 8.61. The molecule has 1 fully saturated rings. The van der Waals surface area contributed by atoms with Crippen molar-refractivity contribution in [1.82, 2.24) is 4.72 Å². The van der Waals surface area contributed by atoms with E-state index in [1.54, 1.807) is 20.1 Å². The van der Waals surface area contributed by atoms with Gasteiger partial charge in [-0.1, -0.05) is 48.9 Å². The molecule has 3 aromatic rings. The van der Waals surface area contributed by atoms with Crippen molar-refractivity contribution in [2.45, 2.75) is 95.3 Å². The number of carbonyl (C=O) groups is 1. The van der Waals surface area contributed by atoms with E-state index in [4.69, 9.17) is 25.8 Å². The summed E-state index contributed by atoms with van der Waals surface area (Å²) in [5.41, 5.74) is 5.83. The average molecular weight is 775 g/mol. The van der Waals surface area contributed by atoms with Crippen molar-refractivity contribution in [2.24, 2.45) is 17.8 Å². The van der Waals surface area contributed by atoms with Crippen LogP contribution < -0.4 is 19.1 Å². The Kier molecular flexibility index (Phi) is 11.7. The molecule has 1 saturated carbocycles. The van der Waals surface area contributed by atoms with Gasteiger partial charge in [0.25, 0.3) is 5.91 Å². The van der Waals surface area contributed by atoms with Gasteiger partial charge in [-0.25, -0.2) is 13.1 Å². The molecule has 10 heteroatoms. The van der Waals surface area contributed by atoms with Crippen molar-refractivity contribution in [1.29, 1.82) is 0 Å². The number of amides is 1. The number of ether oxygens (including phenoxy) is 3. The first kappa shape index (κ1) is 38.7. The molecule has 2 bridgehead atoms. The summed E-state index contributed by atoms with van der Waals surface area (Å²) in [5, 5.41) is -0.0248. The lowest BCUT2D eigenvalue weighted by Crippen LogP contribution is -2.49. The number of unbranched alkanes of at least 4 members (excludes halogenated alkanes) is 1. The molecule has 1 N–H and O–H groups in total. The van der Waals surface area contributed by atoms with Crippen LogP contribution in [0.3, 0.4) is 0 Å². The monoisotopic (exact) mass is 774 g/mol. The Hall–Kier alpha value is -3.53. The molecule has 2 aliphatic carbocycles. The highest BCUT2D eigenvalue weighted by atomic mass is 35.5. The highest BCUT2D eigenvalue weighted by molar-refractivity contribution is 7.90. The standard InChI is InChI=1S/C44H55ClN2O6S/c1-29-13-14-32(42(23-29)51-4)10-5-6-22-52-40-12-7-9-30(2)31(3)54(49,50)46-43(48)34-16-20-41-39(25-34)47(26-35-15-18-37(35)40)27-44(28-53-41)21-8-11-33-24-36(45)17-19-38(33)44/h7,12-14,16-17,19-20,23-25,30-31,35,37,40H,5-6,8-11,15,18,21-22,26-28H2,1-4H3,(H,46,48)/b12-7+/t30-,31+,35-,37+,40-,44-/m0/s1. The topological polar surface area (TPSA) is 94.2 Å². The van der Waals surface area contributed by atoms with Crippen LogP contribution in [-0.4, -0.2) is 59.1 Å². The third kappa shape index (κ3) is 8.19. The molecule has 1 spiro atoms. The lowest BCUT2D eigenvalue weighted by atomic mass is 9.68. The van der Waals surface area contributed by atoms with Gasteiger partial charge in [0.2, 0.25) is 10.0 Å². The van der Waals surface area contributed by atoms with E-state index < -0.39 is 21.2 Å². The summed E-state index contributed by atoms with van der Waals surface area (Å²) in [6, 6.07) is 18.0. The zero-order valence-corrected chi connectivity index (χ0v) is 33.7. The third-order valence-electron chi connectivity index (χ3n) is 12.6. The zero-order valence-electron chi connectivity index (χ0n) is 32.1. The number of hydrogen-bond donors (Lipinski definition) is 1. The molecule has 0 aromatic heterocycles. The number of aryl methyl sites for hydroxylation is 3. The van der Waals surface area contributed by atoms with Crippen LogP contribution in [0.25, 0.3) is 0 Å². The minimum atomic E-state index is -3.94. The lowest BCUT2D eigenvalue weighted by Gasteiger charge is -2.46. The van der Waals surface area contributed by atoms with Gasteiger partial charge in [-0.3, -0.25) is 4.79 Å². The first-order valence-corrected chi connectivity index (χ1v) is 21.7.